The lowest BCUT2D eigenvalue weighted by molar-refractivity contribution is -0.138. The molecule has 20 heavy (non-hydrogen) atoms. The summed E-state index contributed by atoms with van der Waals surface area (Å²) in [5.41, 5.74) is 0. The molecule has 1 N–H and O–H groups in total. The van der Waals surface area contributed by atoms with Crippen molar-refractivity contribution in [1.29, 1.82) is 0 Å². The van der Waals surface area contributed by atoms with Gasteiger partial charge >= 0.3 is 5.97 Å². The number of carboxylic acids is 1. The second-order valence-corrected chi connectivity index (χ2v) is 5.30. The first kappa shape index (κ1) is 18.9. The molecule has 5 nitrogen and oxygen atoms in total. The van der Waals surface area contributed by atoms with Crippen LogP contribution in [0.15, 0.2) is 0 Å². The highest BCUT2D eigenvalue weighted by Gasteiger charge is 2.14. The van der Waals surface area contributed by atoms with E-state index in [0.29, 0.717) is 13.1 Å². The van der Waals surface area contributed by atoms with Gasteiger partial charge in [-0.05, 0) is 19.4 Å². The van der Waals surface area contributed by atoms with Gasteiger partial charge < -0.3 is 10.0 Å². The zero-order valence-electron chi connectivity index (χ0n) is 13.2. The number of carboxylic acid groups (broad SMARTS) is 1. The van der Waals surface area contributed by atoms with E-state index in [1.54, 1.807) is 4.90 Å². The second kappa shape index (κ2) is 11.7. The van der Waals surface area contributed by atoms with Gasteiger partial charge in [-0.2, -0.15) is 0 Å². The van der Waals surface area contributed by atoms with Crippen molar-refractivity contribution in [3.05, 3.63) is 0 Å². The Hall–Kier alpha value is -1.10. The fourth-order valence-electron chi connectivity index (χ4n) is 1.94. The number of hydrogen-bond donors (Lipinski definition) is 1. The molecule has 0 atom stereocenters. The molecule has 0 aliphatic rings. The first-order chi connectivity index (χ1) is 9.51. The van der Waals surface area contributed by atoms with E-state index in [4.69, 9.17) is 5.11 Å². The monoisotopic (exact) mass is 286 g/mol. The van der Waals surface area contributed by atoms with E-state index in [2.05, 4.69) is 13.8 Å². The number of nitrogens with zero attached hydrogens (tertiary/aromatic N) is 2. The summed E-state index contributed by atoms with van der Waals surface area (Å²) in [6, 6.07) is 0. The van der Waals surface area contributed by atoms with Crippen LogP contribution in [0.2, 0.25) is 0 Å². The predicted molar refractivity (Wildman–Crippen MR) is 80.8 cm³/mol. The lowest BCUT2D eigenvalue weighted by Gasteiger charge is -2.24. The molecule has 0 fully saturated rings. The molecular weight excluding hydrogens is 256 g/mol. The van der Waals surface area contributed by atoms with Crippen molar-refractivity contribution in [2.24, 2.45) is 0 Å². The molecule has 0 aliphatic heterocycles. The van der Waals surface area contributed by atoms with E-state index in [-0.39, 0.29) is 12.3 Å². The maximum atomic E-state index is 12.1. The lowest BCUT2D eigenvalue weighted by atomic mass is 10.2. The fourth-order valence-corrected chi connectivity index (χ4v) is 1.94. The van der Waals surface area contributed by atoms with Crippen molar-refractivity contribution in [1.82, 2.24) is 9.80 Å². The van der Waals surface area contributed by atoms with Gasteiger partial charge in [-0.1, -0.05) is 33.1 Å². The molecule has 0 saturated heterocycles. The Balaban J connectivity index is 4.22. The third kappa shape index (κ3) is 9.78. The largest absolute Gasteiger partial charge is 0.481 e. The van der Waals surface area contributed by atoms with Crippen molar-refractivity contribution in [2.45, 2.75) is 52.4 Å². The van der Waals surface area contributed by atoms with Crippen LogP contribution in [-0.2, 0) is 9.59 Å². The Labute approximate surface area is 122 Å². The molecule has 0 heterocycles. The quantitative estimate of drug-likeness (QED) is 0.559. The Bertz CT molecular complexity index is 282. The van der Waals surface area contributed by atoms with Crippen molar-refractivity contribution < 1.29 is 14.7 Å². The average molecular weight is 286 g/mol. The van der Waals surface area contributed by atoms with Gasteiger partial charge in [0.2, 0.25) is 5.91 Å². The van der Waals surface area contributed by atoms with Gasteiger partial charge in [0.15, 0.2) is 0 Å². The molecule has 0 spiro atoms. The van der Waals surface area contributed by atoms with Crippen LogP contribution in [0.25, 0.3) is 0 Å². The molecule has 0 aliphatic carbocycles. The van der Waals surface area contributed by atoms with Crippen molar-refractivity contribution >= 4 is 11.9 Å². The zero-order valence-corrected chi connectivity index (χ0v) is 13.2. The number of carbonyl (C=O) groups is 2. The molecule has 0 saturated carbocycles. The average Bonchev–Trinajstić information content (AvgIpc) is 2.41. The third-order valence-corrected chi connectivity index (χ3v) is 3.35. The molecule has 0 aromatic carbocycles. The SMILES string of the molecule is CCCCCN(CCC(=O)O)CC(=O)N(C)CCCC. The molecular formula is C15H30N2O3. The number of aliphatic carboxylic acids is 1. The van der Waals surface area contributed by atoms with E-state index in [1.165, 1.54) is 0 Å². The maximum Gasteiger partial charge on any atom is 0.304 e. The van der Waals surface area contributed by atoms with E-state index in [1.807, 2.05) is 11.9 Å². The van der Waals surface area contributed by atoms with Gasteiger partial charge in [-0.3, -0.25) is 14.5 Å². The Kier molecular flexibility index (Phi) is 11.1. The molecule has 5 heteroatoms. The van der Waals surface area contributed by atoms with Crippen LogP contribution in [0.5, 0.6) is 0 Å². The Morgan fingerprint density at radius 2 is 1.60 bits per heavy atom. The van der Waals surface area contributed by atoms with Crippen LogP contribution in [0.1, 0.15) is 52.4 Å². The summed E-state index contributed by atoms with van der Waals surface area (Å²) in [5.74, 6) is -0.724. The Morgan fingerprint density at radius 1 is 0.950 bits per heavy atom. The molecule has 0 aromatic heterocycles. The second-order valence-electron chi connectivity index (χ2n) is 5.30. The standard InChI is InChI=1S/C15H30N2O3/c1-4-6-8-11-17(12-9-15(19)20)13-14(18)16(3)10-7-5-2/h4-13H2,1-3H3,(H,19,20). The third-order valence-electron chi connectivity index (χ3n) is 3.35. The molecule has 0 rings (SSSR count). The number of rotatable bonds is 12. The first-order valence-corrected chi connectivity index (χ1v) is 7.69. The summed E-state index contributed by atoms with van der Waals surface area (Å²) >= 11 is 0. The highest BCUT2D eigenvalue weighted by Crippen LogP contribution is 2.02. The number of likely N-dealkylation sites (N-methyl/N-ethyl adjacent to an activating group) is 1. The van der Waals surface area contributed by atoms with Crippen LogP contribution >= 0.6 is 0 Å². The van der Waals surface area contributed by atoms with Gasteiger partial charge in [0.1, 0.15) is 0 Å². The summed E-state index contributed by atoms with van der Waals surface area (Å²) in [5, 5.41) is 8.77. The summed E-state index contributed by atoms with van der Waals surface area (Å²) in [6.07, 6.45) is 5.42. The van der Waals surface area contributed by atoms with Gasteiger partial charge in [0.05, 0.1) is 13.0 Å². The van der Waals surface area contributed by atoms with E-state index >= 15 is 0 Å². The van der Waals surface area contributed by atoms with Gasteiger partial charge in [-0.25, -0.2) is 0 Å². The highest BCUT2D eigenvalue weighted by molar-refractivity contribution is 5.78. The molecule has 0 unspecified atom stereocenters. The van der Waals surface area contributed by atoms with Crippen molar-refractivity contribution in [3.8, 4) is 0 Å². The first-order valence-electron chi connectivity index (χ1n) is 7.69. The number of hydrogen-bond acceptors (Lipinski definition) is 3. The smallest absolute Gasteiger partial charge is 0.304 e. The van der Waals surface area contributed by atoms with Crippen LogP contribution < -0.4 is 0 Å². The minimum atomic E-state index is -0.808. The maximum absolute atomic E-state index is 12.1. The molecule has 0 radical (unpaired) electrons. The lowest BCUT2D eigenvalue weighted by Crippen LogP contribution is -2.40. The van der Waals surface area contributed by atoms with E-state index in [0.717, 1.165) is 45.2 Å². The van der Waals surface area contributed by atoms with Gasteiger partial charge in [0.25, 0.3) is 0 Å². The summed E-state index contributed by atoms with van der Waals surface area (Å²) in [6.45, 7) is 6.59. The van der Waals surface area contributed by atoms with E-state index in [9.17, 15) is 9.59 Å². The zero-order chi connectivity index (χ0) is 15.4. The molecule has 118 valence electrons. The molecule has 1 amide bonds. The predicted octanol–water partition coefficient (Wildman–Crippen LogP) is 2.21. The minimum Gasteiger partial charge on any atom is -0.481 e. The molecule has 0 bridgehead atoms. The number of carbonyl (C=O) groups excluding carboxylic acids is 1. The van der Waals surface area contributed by atoms with Gasteiger partial charge in [-0.15, -0.1) is 0 Å². The molecule has 0 aromatic rings. The summed E-state index contributed by atoms with van der Waals surface area (Å²) < 4.78 is 0. The number of unbranched alkanes of at least 4 members (excludes halogenated alkanes) is 3. The highest BCUT2D eigenvalue weighted by atomic mass is 16.4. The summed E-state index contributed by atoms with van der Waals surface area (Å²) in [7, 11) is 1.82. The van der Waals surface area contributed by atoms with Crippen molar-refractivity contribution in [3.63, 3.8) is 0 Å². The van der Waals surface area contributed by atoms with Gasteiger partial charge in [0, 0.05) is 20.1 Å². The van der Waals surface area contributed by atoms with Crippen LogP contribution in [0.4, 0.5) is 0 Å². The topological polar surface area (TPSA) is 60.9 Å². The Morgan fingerprint density at radius 3 is 2.15 bits per heavy atom. The summed E-state index contributed by atoms with van der Waals surface area (Å²) in [4.78, 5) is 26.5. The van der Waals surface area contributed by atoms with Crippen LogP contribution in [-0.4, -0.2) is 60.0 Å². The normalized spacial score (nSPS) is 10.8. The van der Waals surface area contributed by atoms with Crippen molar-refractivity contribution in [2.75, 3.05) is 33.2 Å². The van der Waals surface area contributed by atoms with Crippen LogP contribution in [0, 0.1) is 0 Å². The number of amides is 1. The fraction of sp³-hybridized carbons (Fsp3) is 0.867. The van der Waals surface area contributed by atoms with Crippen LogP contribution in [0.3, 0.4) is 0 Å². The van der Waals surface area contributed by atoms with E-state index < -0.39 is 5.97 Å². The minimum absolute atomic E-state index is 0.0836.